The number of benzene rings is 1. The Kier molecular flexibility index (Phi) is 5.96. The van der Waals surface area contributed by atoms with Crippen molar-refractivity contribution in [1.29, 1.82) is 0 Å². The molecule has 1 aromatic carbocycles. The summed E-state index contributed by atoms with van der Waals surface area (Å²) < 4.78 is 0. The number of Topliss-reactive ketones (excluding diaryl/α,β-unsaturated/α-hetero) is 1. The SMILES string of the molecule is CCCCCC(=O)c1ccc(CC(C)C)cc1. The molecule has 0 aromatic heterocycles. The van der Waals surface area contributed by atoms with Crippen LogP contribution < -0.4 is 0 Å². The largest absolute Gasteiger partial charge is 0.294 e. The maximum Gasteiger partial charge on any atom is 0.162 e. The van der Waals surface area contributed by atoms with Crippen LogP contribution in [0.1, 0.15) is 62.4 Å². The van der Waals surface area contributed by atoms with Crippen LogP contribution in [0.15, 0.2) is 24.3 Å². The fourth-order valence-corrected chi connectivity index (χ4v) is 1.98. The van der Waals surface area contributed by atoms with Gasteiger partial charge in [0.15, 0.2) is 5.78 Å². The minimum Gasteiger partial charge on any atom is -0.294 e. The van der Waals surface area contributed by atoms with Gasteiger partial charge in [0.1, 0.15) is 0 Å². The van der Waals surface area contributed by atoms with Crippen LogP contribution in [0.3, 0.4) is 0 Å². The Labute approximate surface area is 105 Å². The number of hydrogen-bond acceptors (Lipinski definition) is 1. The number of hydrogen-bond donors (Lipinski definition) is 0. The molecular weight excluding hydrogens is 208 g/mol. The summed E-state index contributed by atoms with van der Waals surface area (Å²) in [7, 11) is 0. The number of carbonyl (C=O) groups excluding carboxylic acids is 1. The highest BCUT2D eigenvalue weighted by molar-refractivity contribution is 5.96. The summed E-state index contributed by atoms with van der Waals surface area (Å²) in [6, 6.07) is 8.14. The molecule has 0 N–H and O–H groups in total. The maximum atomic E-state index is 11.9. The predicted molar refractivity (Wildman–Crippen MR) is 73.5 cm³/mol. The van der Waals surface area contributed by atoms with Crippen LogP contribution in [-0.4, -0.2) is 5.78 Å². The molecule has 0 amide bonds. The predicted octanol–water partition coefficient (Wildman–Crippen LogP) is 4.65. The van der Waals surface area contributed by atoms with Crippen molar-refractivity contribution in [3.05, 3.63) is 35.4 Å². The summed E-state index contributed by atoms with van der Waals surface area (Å²) >= 11 is 0. The molecule has 1 rings (SSSR count). The Bertz CT molecular complexity index is 335. The van der Waals surface area contributed by atoms with Crippen LogP contribution in [0.2, 0.25) is 0 Å². The minimum absolute atomic E-state index is 0.287. The van der Waals surface area contributed by atoms with Crippen LogP contribution in [0.4, 0.5) is 0 Å². The summed E-state index contributed by atoms with van der Waals surface area (Å²) in [6.07, 6.45) is 5.11. The molecular formula is C16H24O. The van der Waals surface area contributed by atoms with Gasteiger partial charge in [-0.25, -0.2) is 0 Å². The molecule has 0 saturated heterocycles. The van der Waals surface area contributed by atoms with Gasteiger partial charge in [0, 0.05) is 12.0 Å². The third-order valence-corrected chi connectivity index (χ3v) is 2.93. The third-order valence-electron chi connectivity index (χ3n) is 2.93. The van der Waals surface area contributed by atoms with Crippen molar-refractivity contribution in [3.63, 3.8) is 0 Å². The van der Waals surface area contributed by atoms with E-state index in [4.69, 9.17) is 0 Å². The molecule has 0 spiro atoms. The second kappa shape index (κ2) is 7.26. The number of rotatable bonds is 7. The summed E-state index contributed by atoms with van der Waals surface area (Å²) in [4.78, 5) is 11.9. The Morgan fingerprint density at radius 1 is 1.12 bits per heavy atom. The summed E-state index contributed by atoms with van der Waals surface area (Å²) in [5.41, 5.74) is 2.19. The van der Waals surface area contributed by atoms with Crippen LogP contribution in [0.25, 0.3) is 0 Å². The fraction of sp³-hybridized carbons (Fsp3) is 0.562. The standard InChI is InChI=1S/C16H24O/c1-4-5-6-7-16(17)15-10-8-14(9-11-15)12-13(2)3/h8-11,13H,4-7,12H2,1-3H3. The molecule has 1 aromatic rings. The zero-order valence-electron chi connectivity index (χ0n) is 11.3. The average molecular weight is 232 g/mol. The van der Waals surface area contributed by atoms with Gasteiger partial charge in [0.25, 0.3) is 0 Å². The fourth-order valence-electron chi connectivity index (χ4n) is 1.98. The minimum atomic E-state index is 0.287. The molecule has 0 aliphatic carbocycles. The average Bonchev–Trinajstić information content (AvgIpc) is 2.29. The highest BCUT2D eigenvalue weighted by Gasteiger charge is 2.05. The maximum absolute atomic E-state index is 11.9. The Morgan fingerprint density at radius 3 is 2.29 bits per heavy atom. The molecule has 0 heterocycles. The number of carbonyl (C=O) groups is 1. The van der Waals surface area contributed by atoms with Gasteiger partial charge in [0.2, 0.25) is 0 Å². The normalized spacial score (nSPS) is 10.8. The molecule has 1 heteroatoms. The molecule has 0 aliphatic rings. The van der Waals surface area contributed by atoms with Crippen molar-refractivity contribution in [1.82, 2.24) is 0 Å². The monoisotopic (exact) mass is 232 g/mol. The molecule has 0 aliphatic heterocycles. The van der Waals surface area contributed by atoms with Crippen LogP contribution >= 0.6 is 0 Å². The Balaban J connectivity index is 2.52. The molecule has 17 heavy (non-hydrogen) atoms. The van der Waals surface area contributed by atoms with E-state index in [1.807, 2.05) is 12.1 Å². The van der Waals surface area contributed by atoms with E-state index in [1.54, 1.807) is 0 Å². The van der Waals surface area contributed by atoms with Gasteiger partial charge in [0.05, 0.1) is 0 Å². The van der Waals surface area contributed by atoms with Gasteiger partial charge in [-0.15, -0.1) is 0 Å². The molecule has 0 saturated carbocycles. The quantitative estimate of drug-likeness (QED) is 0.494. The van der Waals surface area contributed by atoms with E-state index in [9.17, 15) is 4.79 Å². The summed E-state index contributed by atoms with van der Waals surface area (Å²) in [5.74, 6) is 0.954. The van der Waals surface area contributed by atoms with Gasteiger partial charge < -0.3 is 0 Å². The first-order valence-electron chi connectivity index (χ1n) is 6.75. The van der Waals surface area contributed by atoms with Crippen LogP contribution in [0.5, 0.6) is 0 Å². The lowest BCUT2D eigenvalue weighted by molar-refractivity contribution is 0.0979. The highest BCUT2D eigenvalue weighted by Crippen LogP contribution is 2.12. The zero-order valence-corrected chi connectivity index (χ0v) is 11.3. The Hall–Kier alpha value is -1.11. The van der Waals surface area contributed by atoms with Crippen molar-refractivity contribution in [2.75, 3.05) is 0 Å². The highest BCUT2D eigenvalue weighted by atomic mass is 16.1. The van der Waals surface area contributed by atoms with Crippen LogP contribution in [-0.2, 0) is 6.42 Å². The lowest BCUT2D eigenvalue weighted by atomic mass is 9.99. The van der Waals surface area contributed by atoms with Gasteiger partial charge in [-0.3, -0.25) is 4.79 Å². The molecule has 0 radical (unpaired) electrons. The van der Waals surface area contributed by atoms with Crippen molar-refractivity contribution >= 4 is 5.78 Å². The molecule has 0 fully saturated rings. The first-order chi connectivity index (χ1) is 8.13. The van der Waals surface area contributed by atoms with E-state index in [0.717, 1.165) is 24.8 Å². The third kappa shape index (κ3) is 5.16. The summed E-state index contributed by atoms with van der Waals surface area (Å²) in [5, 5.41) is 0. The van der Waals surface area contributed by atoms with E-state index in [1.165, 1.54) is 12.0 Å². The Morgan fingerprint density at radius 2 is 1.76 bits per heavy atom. The van der Waals surface area contributed by atoms with Crippen molar-refractivity contribution in [3.8, 4) is 0 Å². The molecule has 0 unspecified atom stereocenters. The van der Waals surface area contributed by atoms with Gasteiger partial charge in [-0.1, -0.05) is 57.9 Å². The van der Waals surface area contributed by atoms with Crippen molar-refractivity contribution < 1.29 is 4.79 Å². The smallest absolute Gasteiger partial charge is 0.162 e. The molecule has 1 nitrogen and oxygen atoms in total. The van der Waals surface area contributed by atoms with E-state index in [0.29, 0.717) is 12.3 Å². The van der Waals surface area contributed by atoms with E-state index in [2.05, 4.69) is 32.9 Å². The second-order valence-corrected chi connectivity index (χ2v) is 5.18. The number of ketones is 1. The van der Waals surface area contributed by atoms with Gasteiger partial charge in [-0.05, 0) is 24.3 Å². The first-order valence-corrected chi connectivity index (χ1v) is 6.75. The van der Waals surface area contributed by atoms with Crippen molar-refractivity contribution in [2.45, 2.75) is 52.9 Å². The van der Waals surface area contributed by atoms with Gasteiger partial charge in [-0.2, -0.15) is 0 Å². The van der Waals surface area contributed by atoms with Crippen molar-refractivity contribution in [2.24, 2.45) is 5.92 Å². The molecule has 0 bridgehead atoms. The molecule has 0 atom stereocenters. The number of unbranched alkanes of at least 4 members (excludes halogenated alkanes) is 2. The van der Waals surface area contributed by atoms with E-state index >= 15 is 0 Å². The van der Waals surface area contributed by atoms with Crippen LogP contribution in [0, 0.1) is 5.92 Å². The lowest BCUT2D eigenvalue weighted by Gasteiger charge is -2.06. The zero-order chi connectivity index (χ0) is 12.7. The topological polar surface area (TPSA) is 17.1 Å². The second-order valence-electron chi connectivity index (χ2n) is 5.18. The van der Waals surface area contributed by atoms with Gasteiger partial charge >= 0.3 is 0 Å². The molecule has 94 valence electrons. The van der Waals surface area contributed by atoms with E-state index in [-0.39, 0.29) is 5.78 Å². The van der Waals surface area contributed by atoms with E-state index < -0.39 is 0 Å². The summed E-state index contributed by atoms with van der Waals surface area (Å²) in [6.45, 7) is 6.58. The first kappa shape index (κ1) is 14.0. The lowest BCUT2D eigenvalue weighted by Crippen LogP contribution is -2.00.